The molecule has 0 bridgehead atoms. The summed E-state index contributed by atoms with van der Waals surface area (Å²) in [5, 5.41) is 8.72. The van der Waals surface area contributed by atoms with Gasteiger partial charge < -0.3 is 9.84 Å². The largest absolute Gasteiger partial charge is 0.484 e. The number of rotatable bonds is 5. The second-order valence-corrected chi connectivity index (χ2v) is 3.99. The average Bonchev–Trinajstić information content (AvgIpc) is 2.27. The van der Waals surface area contributed by atoms with Gasteiger partial charge in [-0.25, -0.2) is 0 Å². The lowest BCUT2D eigenvalue weighted by Gasteiger charge is -2.10. The molecular weight excluding hydrogens is 249 g/mol. The van der Waals surface area contributed by atoms with Gasteiger partial charge in [0, 0.05) is 0 Å². The second-order valence-electron chi connectivity index (χ2n) is 3.99. The third-order valence-corrected chi connectivity index (χ3v) is 2.29. The van der Waals surface area contributed by atoms with E-state index in [1.165, 1.54) is 12.1 Å². The quantitative estimate of drug-likeness (QED) is 0.887. The van der Waals surface area contributed by atoms with Crippen LogP contribution in [0, 0.1) is 5.92 Å². The summed E-state index contributed by atoms with van der Waals surface area (Å²) < 4.78 is 40.2. The normalized spacial score (nSPS) is 13.1. The summed E-state index contributed by atoms with van der Waals surface area (Å²) in [7, 11) is 0. The first-order chi connectivity index (χ1) is 8.28. The standard InChI is InChI=1S/C12H13F3O3/c1-8(11(16)17)6-9-2-4-10(5-3-9)18-7-12(13,14)15/h2-5,8H,6-7H2,1H3,(H,16,17). The van der Waals surface area contributed by atoms with Gasteiger partial charge in [0.05, 0.1) is 5.92 Å². The highest BCUT2D eigenvalue weighted by Gasteiger charge is 2.28. The molecule has 0 radical (unpaired) electrons. The summed E-state index contributed by atoms with van der Waals surface area (Å²) in [6, 6.07) is 5.92. The molecule has 1 aromatic carbocycles. The molecule has 1 unspecified atom stereocenters. The summed E-state index contributed by atoms with van der Waals surface area (Å²) in [6.07, 6.45) is -4.04. The highest BCUT2D eigenvalue weighted by atomic mass is 19.4. The van der Waals surface area contributed by atoms with Crippen molar-refractivity contribution in [2.45, 2.75) is 19.5 Å². The van der Waals surface area contributed by atoms with E-state index in [9.17, 15) is 18.0 Å². The van der Waals surface area contributed by atoms with Crippen LogP contribution in [0.2, 0.25) is 0 Å². The molecule has 18 heavy (non-hydrogen) atoms. The van der Waals surface area contributed by atoms with Gasteiger partial charge in [0.25, 0.3) is 0 Å². The first-order valence-electron chi connectivity index (χ1n) is 5.29. The first kappa shape index (κ1) is 14.3. The molecule has 0 aliphatic heterocycles. The van der Waals surface area contributed by atoms with Crippen molar-refractivity contribution in [3.63, 3.8) is 0 Å². The zero-order valence-corrected chi connectivity index (χ0v) is 9.70. The third-order valence-electron chi connectivity index (χ3n) is 2.29. The lowest BCUT2D eigenvalue weighted by atomic mass is 10.0. The van der Waals surface area contributed by atoms with Gasteiger partial charge in [0.2, 0.25) is 0 Å². The Hall–Kier alpha value is -1.72. The molecular formula is C12H13F3O3. The van der Waals surface area contributed by atoms with E-state index in [2.05, 4.69) is 4.74 Å². The molecule has 0 aliphatic rings. The van der Waals surface area contributed by atoms with Crippen LogP contribution in [-0.4, -0.2) is 23.9 Å². The molecule has 3 nitrogen and oxygen atoms in total. The lowest BCUT2D eigenvalue weighted by Crippen LogP contribution is -2.19. The van der Waals surface area contributed by atoms with E-state index < -0.39 is 24.7 Å². The Balaban J connectivity index is 2.55. The van der Waals surface area contributed by atoms with Crippen molar-refractivity contribution in [3.05, 3.63) is 29.8 Å². The minimum Gasteiger partial charge on any atom is -0.484 e. The van der Waals surface area contributed by atoms with Crippen LogP contribution in [0.4, 0.5) is 13.2 Å². The molecule has 0 saturated heterocycles. The fraction of sp³-hybridized carbons (Fsp3) is 0.417. The van der Waals surface area contributed by atoms with Crippen molar-refractivity contribution >= 4 is 5.97 Å². The molecule has 0 heterocycles. The van der Waals surface area contributed by atoms with E-state index >= 15 is 0 Å². The van der Waals surface area contributed by atoms with Gasteiger partial charge in [-0.1, -0.05) is 19.1 Å². The summed E-state index contributed by atoms with van der Waals surface area (Å²) in [4.78, 5) is 10.6. The Morgan fingerprint density at radius 3 is 2.33 bits per heavy atom. The number of benzene rings is 1. The van der Waals surface area contributed by atoms with Gasteiger partial charge in [-0.2, -0.15) is 13.2 Å². The molecule has 1 N–H and O–H groups in total. The molecule has 0 aliphatic carbocycles. The second kappa shape index (κ2) is 5.75. The number of aliphatic carboxylic acids is 1. The molecule has 0 saturated carbocycles. The number of hydrogen-bond acceptors (Lipinski definition) is 2. The van der Waals surface area contributed by atoms with E-state index in [0.29, 0.717) is 6.42 Å². The Labute approximate surface area is 102 Å². The minimum absolute atomic E-state index is 0.110. The predicted molar refractivity (Wildman–Crippen MR) is 58.5 cm³/mol. The molecule has 1 atom stereocenters. The average molecular weight is 262 g/mol. The van der Waals surface area contributed by atoms with Gasteiger partial charge in [-0.05, 0) is 24.1 Å². The van der Waals surface area contributed by atoms with Crippen molar-refractivity contribution in [2.75, 3.05) is 6.61 Å². The summed E-state index contributed by atoms with van der Waals surface area (Å²) in [5.74, 6) is -1.33. The van der Waals surface area contributed by atoms with Crippen LogP contribution < -0.4 is 4.74 Å². The van der Waals surface area contributed by atoms with Gasteiger partial charge >= 0.3 is 12.1 Å². The number of alkyl halides is 3. The molecule has 0 amide bonds. The number of carboxylic acid groups (broad SMARTS) is 1. The number of carboxylic acids is 1. The van der Waals surface area contributed by atoms with E-state index in [1.54, 1.807) is 19.1 Å². The maximum Gasteiger partial charge on any atom is 0.422 e. The molecule has 100 valence electrons. The zero-order valence-electron chi connectivity index (χ0n) is 9.70. The summed E-state index contributed by atoms with van der Waals surface area (Å²) >= 11 is 0. The lowest BCUT2D eigenvalue weighted by molar-refractivity contribution is -0.153. The summed E-state index contributed by atoms with van der Waals surface area (Å²) in [5.41, 5.74) is 0.740. The zero-order chi connectivity index (χ0) is 13.8. The molecule has 0 aromatic heterocycles. The van der Waals surface area contributed by atoms with Crippen LogP contribution in [0.15, 0.2) is 24.3 Å². The molecule has 1 rings (SSSR count). The van der Waals surface area contributed by atoms with Crippen molar-refractivity contribution < 1.29 is 27.8 Å². The monoisotopic (exact) mass is 262 g/mol. The molecule has 0 fully saturated rings. The van der Waals surface area contributed by atoms with Crippen LogP contribution in [0.25, 0.3) is 0 Å². The van der Waals surface area contributed by atoms with Crippen LogP contribution >= 0.6 is 0 Å². The first-order valence-corrected chi connectivity index (χ1v) is 5.29. The number of halogens is 3. The van der Waals surface area contributed by atoms with E-state index in [4.69, 9.17) is 5.11 Å². The molecule has 6 heteroatoms. The van der Waals surface area contributed by atoms with Crippen LogP contribution in [0.3, 0.4) is 0 Å². The Bertz CT molecular complexity index is 398. The molecule has 1 aromatic rings. The maximum absolute atomic E-state index is 11.9. The van der Waals surface area contributed by atoms with Crippen molar-refractivity contribution in [1.82, 2.24) is 0 Å². The Morgan fingerprint density at radius 2 is 1.89 bits per heavy atom. The number of hydrogen-bond donors (Lipinski definition) is 1. The van der Waals surface area contributed by atoms with E-state index in [0.717, 1.165) is 5.56 Å². The van der Waals surface area contributed by atoms with Gasteiger partial charge in [0.15, 0.2) is 6.61 Å². The van der Waals surface area contributed by atoms with Crippen LogP contribution in [0.5, 0.6) is 5.75 Å². The number of carbonyl (C=O) groups is 1. The summed E-state index contributed by atoms with van der Waals surface area (Å²) in [6.45, 7) is 0.230. The fourth-order valence-corrected chi connectivity index (χ4v) is 1.33. The highest BCUT2D eigenvalue weighted by Crippen LogP contribution is 2.19. The topological polar surface area (TPSA) is 46.5 Å². The van der Waals surface area contributed by atoms with Crippen molar-refractivity contribution in [3.8, 4) is 5.75 Å². The smallest absolute Gasteiger partial charge is 0.422 e. The Kier molecular flexibility index (Phi) is 4.58. The Morgan fingerprint density at radius 1 is 1.33 bits per heavy atom. The number of ether oxygens (including phenoxy) is 1. The fourth-order valence-electron chi connectivity index (χ4n) is 1.33. The van der Waals surface area contributed by atoms with Crippen molar-refractivity contribution in [2.24, 2.45) is 5.92 Å². The van der Waals surface area contributed by atoms with E-state index in [1.807, 2.05) is 0 Å². The van der Waals surface area contributed by atoms with E-state index in [-0.39, 0.29) is 5.75 Å². The highest BCUT2D eigenvalue weighted by molar-refractivity contribution is 5.69. The third kappa shape index (κ3) is 5.07. The maximum atomic E-state index is 11.9. The molecule has 0 spiro atoms. The SMILES string of the molecule is CC(Cc1ccc(OCC(F)(F)F)cc1)C(=O)O. The van der Waals surface area contributed by atoms with Gasteiger partial charge in [-0.3, -0.25) is 4.79 Å². The van der Waals surface area contributed by atoms with Crippen molar-refractivity contribution in [1.29, 1.82) is 0 Å². The van der Waals surface area contributed by atoms with Crippen LogP contribution in [0.1, 0.15) is 12.5 Å². The van der Waals surface area contributed by atoms with Gasteiger partial charge in [-0.15, -0.1) is 0 Å². The predicted octanol–water partition coefficient (Wildman–Crippen LogP) is 2.89. The van der Waals surface area contributed by atoms with Crippen LogP contribution in [-0.2, 0) is 11.2 Å². The van der Waals surface area contributed by atoms with Gasteiger partial charge in [0.1, 0.15) is 5.75 Å². The minimum atomic E-state index is -4.36.